The second-order valence-corrected chi connectivity index (χ2v) is 5.50. The Kier molecular flexibility index (Phi) is 3.57. The van der Waals surface area contributed by atoms with Gasteiger partial charge in [-0.2, -0.15) is 0 Å². The first-order chi connectivity index (χ1) is 8.06. The second kappa shape index (κ2) is 4.96. The van der Waals surface area contributed by atoms with Gasteiger partial charge in [-0.1, -0.05) is 13.8 Å². The summed E-state index contributed by atoms with van der Waals surface area (Å²) in [4.78, 5) is 28.6. The van der Waals surface area contributed by atoms with E-state index in [1.807, 2.05) is 5.38 Å². The van der Waals surface area contributed by atoms with Gasteiger partial charge in [-0.15, -0.1) is 11.3 Å². The Morgan fingerprint density at radius 3 is 2.76 bits per heavy atom. The number of carbonyl (C=O) groups is 2. The van der Waals surface area contributed by atoms with Gasteiger partial charge in [0.25, 0.3) is 0 Å². The highest BCUT2D eigenvalue weighted by Crippen LogP contribution is 2.19. The van der Waals surface area contributed by atoms with Crippen molar-refractivity contribution < 1.29 is 9.59 Å². The minimum atomic E-state index is -0.0469. The third kappa shape index (κ3) is 2.91. The molecule has 1 aliphatic rings. The van der Waals surface area contributed by atoms with E-state index in [9.17, 15) is 9.59 Å². The second-order valence-electron chi connectivity index (χ2n) is 4.61. The smallest absolute Gasteiger partial charge is 0.230 e. The van der Waals surface area contributed by atoms with Gasteiger partial charge in [0.1, 0.15) is 0 Å². The van der Waals surface area contributed by atoms with Crippen molar-refractivity contribution in [2.45, 2.75) is 32.6 Å². The monoisotopic (exact) mass is 252 g/mol. The molecule has 1 fully saturated rings. The van der Waals surface area contributed by atoms with E-state index in [1.165, 1.54) is 0 Å². The first-order valence-corrected chi connectivity index (χ1v) is 6.68. The topological polar surface area (TPSA) is 50.3 Å². The van der Waals surface area contributed by atoms with Crippen molar-refractivity contribution in [3.63, 3.8) is 0 Å². The zero-order chi connectivity index (χ0) is 12.4. The Balaban J connectivity index is 1.89. The molecule has 2 rings (SSSR count). The molecular formula is C12H16N2O2S. The van der Waals surface area contributed by atoms with E-state index in [-0.39, 0.29) is 24.7 Å². The Labute approximate surface area is 105 Å². The minimum absolute atomic E-state index is 0.0242. The summed E-state index contributed by atoms with van der Waals surface area (Å²) < 4.78 is 0. The summed E-state index contributed by atoms with van der Waals surface area (Å²) in [6.45, 7) is 5.11. The van der Waals surface area contributed by atoms with E-state index in [0.717, 1.165) is 17.1 Å². The minimum Gasteiger partial charge on any atom is -0.335 e. The van der Waals surface area contributed by atoms with Gasteiger partial charge in [-0.3, -0.25) is 9.59 Å². The quantitative estimate of drug-likeness (QED) is 0.765. The lowest BCUT2D eigenvalue weighted by Gasteiger charge is -2.12. The molecule has 0 saturated carbocycles. The third-order valence-electron chi connectivity index (χ3n) is 2.77. The van der Waals surface area contributed by atoms with Crippen LogP contribution in [0.1, 0.15) is 36.9 Å². The average Bonchev–Trinajstić information content (AvgIpc) is 2.82. The van der Waals surface area contributed by atoms with Crippen molar-refractivity contribution in [1.29, 1.82) is 0 Å². The van der Waals surface area contributed by atoms with Crippen molar-refractivity contribution >= 4 is 23.0 Å². The SMILES string of the molecule is CC(C)c1nc(CCN2CC(=O)CC2=O)cs1. The van der Waals surface area contributed by atoms with Crippen LogP contribution in [0.4, 0.5) is 0 Å². The summed E-state index contributed by atoms with van der Waals surface area (Å²) in [5, 5.41) is 3.17. The molecule has 92 valence electrons. The maximum atomic E-state index is 11.4. The molecule has 17 heavy (non-hydrogen) atoms. The van der Waals surface area contributed by atoms with Crippen LogP contribution in [0, 0.1) is 0 Å². The van der Waals surface area contributed by atoms with E-state index in [2.05, 4.69) is 18.8 Å². The number of hydrogen-bond donors (Lipinski definition) is 0. The van der Waals surface area contributed by atoms with Crippen molar-refractivity contribution in [3.8, 4) is 0 Å². The van der Waals surface area contributed by atoms with Crippen LogP contribution < -0.4 is 0 Å². The summed E-state index contributed by atoms with van der Waals surface area (Å²) in [6.07, 6.45) is 0.816. The van der Waals surface area contributed by atoms with Crippen molar-refractivity contribution in [2.75, 3.05) is 13.1 Å². The molecule has 0 atom stereocenters. The molecule has 0 radical (unpaired) electrons. The van der Waals surface area contributed by atoms with Crippen molar-refractivity contribution in [1.82, 2.24) is 9.88 Å². The number of ketones is 1. The number of rotatable bonds is 4. The summed E-state index contributed by atoms with van der Waals surface area (Å²) in [5.41, 5.74) is 1.02. The molecule has 1 aliphatic heterocycles. The maximum absolute atomic E-state index is 11.4. The van der Waals surface area contributed by atoms with Crippen LogP contribution in [-0.4, -0.2) is 34.7 Å². The van der Waals surface area contributed by atoms with E-state index in [4.69, 9.17) is 0 Å². The summed E-state index contributed by atoms with van der Waals surface area (Å²) in [5.74, 6) is 0.425. The van der Waals surface area contributed by atoms with E-state index in [1.54, 1.807) is 16.2 Å². The lowest BCUT2D eigenvalue weighted by molar-refractivity contribution is -0.127. The number of hydrogen-bond acceptors (Lipinski definition) is 4. The molecule has 4 nitrogen and oxygen atoms in total. The predicted octanol–water partition coefficient (Wildman–Crippen LogP) is 1.61. The van der Waals surface area contributed by atoms with Crippen LogP contribution in [0.5, 0.6) is 0 Å². The van der Waals surface area contributed by atoms with E-state index >= 15 is 0 Å². The maximum Gasteiger partial charge on any atom is 0.230 e. The van der Waals surface area contributed by atoms with Crippen LogP contribution in [-0.2, 0) is 16.0 Å². The predicted molar refractivity (Wildman–Crippen MR) is 66.1 cm³/mol. The van der Waals surface area contributed by atoms with Crippen molar-refractivity contribution in [3.05, 3.63) is 16.1 Å². The Morgan fingerprint density at radius 1 is 1.47 bits per heavy atom. The first-order valence-electron chi connectivity index (χ1n) is 5.80. The van der Waals surface area contributed by atoms with Gasteiger partial charge >= 0.3 is 0 Å². The fourth-order valence-corrected chi connectivity index (χ4v) is 2.66. The lowest BCUT2D eigenvalue weighted by atomic mass is 10.2. The van der Waals surface area contributed by atoms with Gasteiger partial charge < -0.3 is 4.90 Å². The molecule has 1 aromatic rings. The van der Waals surface area contributed by atoms with Crippen LogP contribution in [0.25, 0.3) is 0 Å². The van der Waals surface area contributed by atoms with Crippen LogP contribution in [0.2, 0.25) is 0 Å². The highest BCUT2D eigenvalue weighted by atomic mass is 32.1. The number of thiazole rings is 1. The molecule has 0 spiro atoms. The molecule has 0 bridgehead atoms. The van der Waals surface area contributed by atoms with E-state index < -0.39 is 0 Å². The number of nitrogens with zero attached hydrogens (tertiary/aromatic N) is 2. The molecule has 0 N–H and O–H groups in total. The summed E-state index contributed by atoms with van der Waals surface area (Å²) in [6, 6.07) is 0. The fraction of sp³-hybridized carbons (Fsp3) is 0.583. The molecular weight excluding hydrogens is 236 g/mol. The largest absolute Gasteiger partial charge is 0.335 e. The highest BCUT2D eigenvalue weighted by Gasteiger charge is 2.26. The summed E-state index contributed by atoms with van der Waals surface area (Å²) in [7, 11) is 0. The Hall–Kier alpha value is -1.23. The lowest BCUT2D eigenvalue weighted by Crippen LogP contribution is -2.27. The molecule has 0 unspecified atom stereocenters. The van der Waals surface area contributed by atoms with Gasteiger partial charge in [0.15, 0.2) is 5.78 Å². The zero-order valence-corrected chi connectivity index (χ0v) is 10.9. The molecule has 5 heteroatoms. The number of carbonyl (C=O) groups excluding carboxylic acids is 2. The highest BCUT2D eigenvalue weighted by molar-refractivity contribution is 7.09. The standard InChI is InChI=1S/C12H16N2O2S/c1-8(2)12-13-9(7-17-12)3-4-14-6-10(15)5-11(14)16/h7-8H,3-6H2,1-2H3. The number of aromatic nitrogens is 1. The molecule has 1 aromatic heterocycles. The van der Waals surface area contributed by atoms with Gasteiger partial charge in [0.2, 0.25) is 5.91 Å². The Bertz CT molecular complexity index is 439. The zero-order valence-electron chi connectivity index (χ0n) is 10.1. The van der Waals surface area contributed by atoms with Gasteiger partial charge in [0.05, 0.1) is 23.7 Å². The number of Topliss-reactive ketones (excluding diaryl/α,β-unsaturated/α-hetero) is 1. The van der Waals surface area contributed by atoms with Gasteiger partial charge in [0, 0.05) is 24.3 Å². The normalized spacial score (nSPS) is 16.3. The molecule has 1 amide bonds. The Morgan fingerprint density at radius 2 is 2.24 bits per heavy atom. The number of likely N-dealkylation sites (tertiary alicyclic amines) is 1. The fourth-order valence-electron chi connectivity index (χ4n) is 1.79. The molecule has 0 aromatic carbocycles. The third-order valence-corrected chi connectivity index (χ3v) is 3.96. The first kappa shape index (κ1) is 12.2. The summed E-state index contributed by atoms with van der Waals surface area (Å²) >= 11 is 1.66. The molecule has 2 heterocycles. The van der Waals surface area contributed by atoms with Gasteiger partial charge in [-0.05, 0) is 0 Å². The van der Waals surface area contributed by atoms with E-state index in [0.29, 0.717) is 12.5 Å². The average molecular weight is 252 g/mol. The van der Waals surface area contributed by atoms with Crippen molar-refractivity contribution in [2.24, 2.45) is 0 Å². The van der Waals surface area contributed by atoms with Crippen LogP contribution in [0.15, 0.2) is 5.38 Å². The molecule has 1 saturated heterocycles. The van der Waals surface area contributed by atoms with Crippen LogP contribution in [0.3, 0.4) is 0 Å². The number of amides is 1. The van der Waals surface area contributed by atoms with Crippen LogP contribution >= 0.6 is 11.3 Å². The molecule has 0 aliphatic carbocycles. The van der Waals surface area contributed by atoms with Gasteiger partial charge in [-0.25, -0.2) is 4.98 Å².